The first-order chi connectivity index (χ1) is 11.0. The van der Waals surface area contributed by atoms with Gasteiger partial charge in [-0.3, -0.25) is 4.99 Å². The third-order valence-corrected chi connectivity index (χ3v) is 3.59. The fourth-order valence-electron chi connectivity index (χ4n) is 2.48. The zero-order valence-corrected chi connectivity index (χ0v) is 15.7. The summed E-state index contributed by atoms with van der Waals surface area (Å²) in [6.45, 7) is -1.07. The highest BCUT2D eigenvalue weighted by Crippen LogP contribution is 2.20. The molecule has 1 saturated carbocycles. The maximum absolute atomic E-state index is 12.3. The molecule has 2 rings (SSSR count). The summed E-state index contributed by atoms with van der Waals surface area (Å²) in [7, 11) is 1.66. The molecule has 0 aliphatic heterocycles. The van der Waals surface area contributed by atoms with Gasteiger partial charge < -0.3 is 15.4 Å². The van der Waals surface area contributed by atoms with E-state index in [9.17, 15) is 13.2 Å². The summed E-state index contributed by atoms with van der Waals surface area (Å²) in [6, 6.07) is 3.73. The number of guanidine groups is 1. The molecular formula is C15H22F3IN4O. The number of hydrogen-bond acceptors (Lipinski definition) is 3. The van der Waals surface area contributed by atoms with Crippen LogP contribution in [0.1, 0.15) is 31.2 Å². The number of hydrogen-bond donors (Lipinski definition) is 2. The van der Waals surface area contributed by atoms with Crippen molar-refractivity contribution in [1.82, 2.24) is 15.6 Å². The van der Waals surface area contributed by atoms with Crippen LogP contribution in [0.3, 0.4) is 0 Å². The largest absolute Gasteiger partial charge is 0.468 e. The maximum Gasteiger partial charge on any atom is 0.422 e. The second-order valence-electron chi connectivity index (χ2n) is 5.42. The van der Waals surface area contributed by atoms with Crippen molar-refractivity contribution < 1.29 is 17.9 Å². The molecule has 1 aliphatic carbocycles. The lowest BCUT2D eigenvalue weighted by Gasteiger charge is -2.17. The minimum atomic E-state index is -4.39. The molecule has 0 unspecified atom stereocenters. The molecule has 24 heavy (non-hydrogen) atoms. The first kappa shape index (κ1) is 20.8. The Hall–Kier alpha value is -1.26. The number of nitrogens with one attached hydrogen (secondary N) is 2. The van der Waals surface area contributed by atoms with Gasteiger partial charge in [-0.05, 0) is 18.9 Å². The van der Waals surface area contributed by atoms with Crippen molar-refractivity contribution in [3.05, 3.63) is 23.9 Å². The Bertz CT molecular complexity index is 534. The zero-order chi connectivity index (χ0) is 16.7. The fourth-order valence-corrected chi connectivity index (χ4v) is 2.48. The molecule has 0 saturated heterocycles. The fraction of sp³-hybridized carbons (Fsp3) is 0.600. The Kier molecular flexibility index (Phi) is 8.57. The lowest BCUT2D eigenvalue weighted by Crippen LogP contribution is -2.42. The average Bonchev–Trinajstić information content (AvgIpc) is 3.02. The molecule has 136 valence electrons. The number of aromatic nitrogens is 1. The third kappa shape index (κ3) is 7.10. The van der Waals surface area contributed by atoms with E-state index < -0.39 is 12.8 Å². The van der Waals surface area contributed by atoms with Gasteiger partial charge in [0.05, 0.1) is 0 Å². The van der Waals surface area contributed by atoms with Gasteiger partial charge in [-0.25, -0.2) is 4.98 Å². The lowest BCUT2D eigenvalue weighted by molar-refractivity contribution is -0.154. The van der Waals surface area contributed by atoms with E-state index in [2.05, 4.69) is 20.6 Å². The van der Waals surface area contributed by atoms with Gasteiger partial charge >= 0.3 is 6.18 Å². The van der Waals surface area contributed by atoms with Crippen LogP contribution in [0.25, 0.3) is 0 Å². The number of pyridine rings is 1. The summed E-state index contributed by atoms with van der Waals surface area (Å²) in [4.78, 5) is 8.00. The van der Waals surface area contributed by atoms with Gasteiger partial charge in [0.1, 0.15) is 0 Å². The Morgan fingerprint density at radius 3 is 2.71 bits per heavy atom. The van der Waals surface area contributed by atoms with E-state index >= 15 is 0 Å². The molecule has 0 amide bonds. The van der Waals surface area contributed by atoms with Gasteiger partial charge in [0.15, 0.2) is 12.6 Å². The van der Waals surface area contributed by atoms with Crippen LogP contribution in [-0.4, -0.2) is 36.8 Å². The van der Waals surface area contributed by atoms with Crippen LogP contribution < -0.4 is 15.4 Å². The van der Waals surface area contributed by atoms with Gasteiger partial charge in [0, 0.05) is 31.4 Å². The van der Waals surface area contributed by atoms with Crippen LogP contribution >= 0.6 is 24.0 Å². The van der Waals surface area contributed by atoms with Crippen LogP contribution in [0.2, 0.25) is 0 Å². The number of halogens is 4. The molecular weight excluding hydrogens is 436 g/mol. The molecule has 1 fully saturated rings. The topological polar surface area (TPSA) is 58.5 Å². The van der Waals surface area contributed by atoms with E-state index in [0.29, 0.717) is 17.6 Å². The molecule has 1 heterocycles. The van der Waals surface area contributed by atoms with E-state index in [1.165, 1.54) is 19.0 Å². The van der Waals surface area contributed by atoms with E-state index in [0.717, 1.165) is 12.8 Å². The Balaban J connectivity index is 0.00000288. The van der Waals surface area contributed by atoms with Crippen LogP contribution in [0.5, 0.6) is 5.88 Å². The monoisotopic (exact) mass is 458 g/mol. The maximum atomic E-state index is 12.3. The smallest absolute Gasteiger partial charge is 0.422 e. The minimum absolute atomic E-state index is 0. The molecule has 1 aromatic rings. The van der Waals surface area contributed by atoms with E-state index in [1.807, 2.05) is 0 Å². The molecule has 9 heteroatoms. The van der Waals surface area contributed by atoms with E-state index in [-0.39, 0.29) is 36.4 Å². The molecule has 1 aliphatic rings. The normalized spacial score (nSPS) is 15.8. The van der Waals surface area contributed by atoms with Crippen molar-refractivity contribution >= 4 is 29.9 Å². The highest BCUT2D eigenvalue weighted by molar-refractivity contribution is 14.0. The summed E-state index contributed by atoms with van der Waals surface area (Å²) in [6.07, 6.45) is 1.63. The summed E-state index contributed by atoms with van der Waals surface area (Å²) in [5.41, 5.74) is 0.547. The number of aliphatic imine (C=N–C) groups is 1. The third-order valence-electron chi connectivity index (χ3n) is 3.59. The average molecular weight is 458 g/mol. The van der Waals surface area contributed by atoms with Crippen molar-refractivity contribution in [3.63, 3.8) is 0 Å². The van der Waals surface area contributed by atoms with Gasteiger partial charge in [-0.2, -0.15) is 13.2 Å². The van der Waals surface area contributed by atoms with Gasteiger partial charge in [0.25, 0.3) is 0 Å². The predicted molar refractivity (Wildman–Crippen MR) is 96.8 cm³/mol. The molecule has 0 radical (unpaired) electrons. The van der Waals surface area contributed by atoms with Crippen molar-refractivity contribution in [1.29, 1.82) is 0 Å². The quantitative estimate of drug-likeness (QED) is 0.404. The van der Waals surface area contributed by atoms with E-state index in [4.69, 9.17) is 4.74 Å². The van der Waals surface area contributed by atoms with Gasteiger partial charge in [-0.15, -0.1) is 24.0 Å². The summed E-state index contributed by atoms with van der Waals surface area (Å²) in [5, 5.41) is 6.40. The molecule has 0 aromatic carbocycles. The SMILES string of the molecule is CN=C(NCc1cccnc1OCC(F)(F)F)NC1CCCC1.I. The standard InChI is InChI=1S/C15H21F3N4O.HI/c1-19-14(22-12-6-2-3-7-12)21-9-11-5-4-8-20-13(11)23-10-15(16,17)18;/h4-5,8,12H,2-3,6-7,9-10H2,1H3,(H2,19,21,22);1H. The first-order valence-electron chi connectivity index (χ1n) is 7.58. The number of ether oxygens (including phenoxy) is 1. The number of nitrogens with zero attached hydrogens (tertiary/aromatic N) is 2. The second-order valence-corrected chi connectivity index (χ2v) is 5.42. The van der Waals surface area contributed by atoms with Crippen LogP contribution in [0.4, 0.5) is 13.2 Å². The van der Waals surface area contributed by atoms with Crippen molar-refractivity contribution in [2.24, 2.45) is 4.99 Å². The highest BCUT2D eigenvalue weighted by Gasteiger charge is 2.29. The first-order valence-corrected chi connectivity index (χ1v) is 7.58. The van der Waals surface area contributed by atoms with Crippen molar-refractivity contribution in [2.75, 3.05) is 13.7 Å². The highest BCUT2D eigenvalue weighted by atomic mass is 127. The summed E-state index contributed by atoms with van der Waals surface area (Å²) < 4.78 is 41.6. The van der Waals surface area contributed by atoms with Crippen LogP contribution in [0, 0.1) is 0 Å². The number of rotatable bonds is 5. The Morgan fingerprint density at radius 2 is 2.08 bits per heavy atom. The Morgan fingerprint density at radius 1 is 1.38 bits per heavy atom. The van der Waals surface area contributed by atoms with Crippen LogP contribution in [-0.2, 0) is 6.54 Å². The molecule has 2 N–H and O–H groups in total. The van der Waals surface area contributed by atoms with Crippen molar-refractivity contribution in [3.8, 4) is 5.88 Å². The summed E-state index contributed by atoms with van der Waals surface area (Å²) in [5.74, 6) is 0.608. The second kappa shape index (κ2) is 9.90. The molecule has 0 bridgehead atoms. The minimum Gasteiger partial charge on any atom is -0.468 e. The molecule has 0 spiro atoms. The molecule has 1 aromatic heterocycles. The van der Waals surface area contributed by atoms with Gasteiger partial charge in [-0.1, -0.05) is 18.9 Å². The predicted octanol–water partition coefficient (Wildman–Crippen LogP) is 3.25. The molecule has 0 atom stereocenters. The molecule has 5 nitrogen and oxygen atoms in total. The van der Waals surface area contributed by atoms with E-state index in [1.54, 1.807) is 19.2 Å². The summed E-state index contributed by atoms with van der Waals surface area (Å²) >= 11 is 0. The number of alkyl halides is 3. The lowest BCUT2D eigenvalue weighted by atomic mass is 10.2. The van der Waals surface area contributed by atoms with Crippen molar-refractivity contribution in [2.45, 2.75) is 44.4 Å². The Labute approximate surface area is 156 Å². The zero-order valence-electron chi connectivity index (χ0n) is 13.4. The van der Waals surface area contributed by atoms with Gasteiger partial charge in [0.2, 0.25) is 5.88 Å². The van der Waals surface area contributed by atoms with Crippen LogP contribution in [0.15, 0.2) is 23.3 Å².